The van der Waals surface area contributed by atoms with E-state index >= 15 is 0 Å². The van der Waals surface area contributed by atoms with Gasteiger partial charge in [-0.1, -0.05) is 43.2 Å². The van der Waals surface area contributed by atoms with Crippen molar-refractivity contribution in [1.29, 1.82) is 0 Å². The summed E-state index contributed by atoms with van der Waals surface area (Å²) in [6, 6.07) is 16.7. The molecule has 3 aromatic rings. The predicted molar refractivity (Wildman–Crippen MR) is 146 cm³/mol. The van der Waals surface area contributed by atoms with Crippen molar-refractivity contribution in [1.82, 2.24) is 19.6 Å². The van der Waals surface area contributed by atoms with E-state index in [0.29, 0.717) is 19.9 Å². The molecule has 0 bridgehead atoms. The minimum Gasteiger partial charge on any atom is -0.464 e. The molecule has 0 radical (unpaired) electrons. The number of hydrogen-bond donors (Lipinski definition) is 0. The molecule has 1 aromatic heterocycles. The number of amides is 3. The third-order valence-corrected chi connectivity index (χ3v) is 8.62. The minimum absolute atomic E-state index is 0.115. The molecule has 2 saturated heterocycles. The lowest BCUT2D eigenvalue weighted by atomic mass is 9.98. The second kappa shape index (κ2) is 9.27. The summed E-state index contributed by atoms with van der Waals surface area (Å²) in [5.74, 6) is 0.877. The molecule has 4 heterocycles. The van der Waals surface area contributed by atoms with E-state index in [1.54, 1.807) is 6.26 Å². The number of furan rings is 1. The van der Waals surface area contributed by atoms with Gasteiger partial charge in [-0.3, -0.25) is 19.6 Å². The van der Waals surface area contributed by atoms with E-state index in [9.17, 15) is 9.59 Å². The van der Waals surface area contributed by atoms with Gasteiger partial charge in [0.1, 0.15) is 17.0 Å². The molecular weight excluding hydrogens is 478 g/mol. The number of hydrogen-bond acceptors (Lipinski definition) is 5. The SMILES string of the molecule is O=C(N1CCCC1)N1CCN(CN2C(=O)C3(CCCC3)N=C2c2ccc(-c3ccc4occc4c3)cc2)C1. The van der Waals surface area contributed by atoms with Crippen LogP contribution in [0.15, 0.2) is 64.2 Å². The number of fused-ring (bicyclic) bond motifs is 1. The van der Waals surface area contributed by atoms with Crippen molar-refractivity contribution in [3.63, 3.8) is 0 Å². The van der Waals surface area contributed by atoms with Gasteiger partial charge < -0.3 is 14.2 Å². The van der Waals surface area contributed by atoms with Gasteiger partial charge in [0.15, 0.2) is 0 Å². The van der Waals surface area contributed by atoms with Crippen molar-refractivity contribution in [3.8, 4) is 11.1 Å². The summed E-state index contributed by atoms with van der Waals surface area (Å²) < 4.78 is 5.48. The first-order valence-electron chi connectivity index (χ1n) is 13.9. The van der Waals surface area contributed by atoms with Gasteiger partial charge >= 0.3 is 6.03 Å². The summed E-state index contributed by atoms with van der Waals surface area (Å²) in [6.07, 6.45) is 7.58. The Balaban J connectivity index is 1.12. The van der Waals surface area contributed by atoms with Crippen molar-refractivity contribution in [2.24, 2.45) is 4.99 Å². The Labute approximate surface area is 222 Å². The second-order valence-corrected chi connectivity index (χ2v) is 11.1. The fraction of sp³-hybridized carbons (Fsp3) is 0.433. The molecule has 0 unspecified atom stereocenters. The summed E-state index contributed by atoms with van der Waals surface area (Å²) in [4.78, 5) is 39.8. The largest absolute Gasteiger partial charge is 0.464 e. The molecule has 8 nitrogen and oxygen atoms in total. The van der Waals surface area contributed by atoms with Crippen LogP contribution in [0.4, 0.5) is 4.79 Å². The predicted octanol–water partition coefficient (Wildman–Crippen LogP) is 4.75. The quantitative estimate of drug-likeness (QED) is 0.507. The zero-order valence-corrected chi connectivity index (χ0v) is 21.6. The van der Waals surface area contributed by atoms with Crippen LogP contribution in [0.25, 0.3) is 22.1 Å². The summed E-state index contributed by atoms with van der Waals surface area (Å²) in [5.41, 5.74) is 3.45. The number of urea groups is 1. The summed E-state index contributed by atoms with van der Waals surface area (Å²) in [6.45, 7) is 4.18. The fourth-order valence-corrected chi connectivity index (χ4v) is 6.48. The smallest absolute Gasteiger partial charge is 0.321 e. The maximum absolute atomic E-state index is 13.8. The summed E-state index contributed by atoms with van der Waals surface area (Å²) in [5, 5.41) is 1.08. The molecule has 3 amide bonds. The maximum Gasteiger partial charge on any atom is 0.321 e. The van der Waals surface area contributed by atoms with Crippen molar-refractivity contribution in [3.05, 3.63) is 60.4 Å². The van der Waals surface area contributed by atoms with Gasteiger partial charge in [-0.15, -0.1) is 0 Å². The Bertz CT molecular complexity index is 1400. The van der Waals surface area contributed by atoms with Gasteiger partial charge in [-0.25, -0.2) is 4.79 Å². The highest BCUT2D eigenvalue weighted by Gasteiger charge is 2.50. The molecule has 0 atom stereocenters. The van der Waals surface area contributed by atoms with Crippen LogP contribution in [-0.4, -0.2) is 82.4 Å². The molecule has 4 aliphatic rings. The molecule has 38 heavy (non-hydrogen) atoms. The van der Waals surface area contributed by atoms with Gasteiger partial charge in [0, 0.05) is 37.1 Å². The van der Waals surface area contributed by atoms with Gasteiger partial charge in [0.2, 0.25) is 0 Å². The Morgan fingerprint density at radius 1 is 0.842 bits per heavy atom. The maximum atomic E-state index is 13.8. The van der Waals surface area contributed by atoms with Crippen LogP contribution in [0.5, 0.6) is 0 Å². The summed E-state index contributed by atoms with van der Waals surface area (Å²) >= 11 is 0. The first-order valence-corrected chi connectivity index (χ1v) is 13.9. The number of aliphatic imine (C=N–C) groups is 1. The van der Waals surface area contributed by atoms with E-state index in [1.807, 2.05) is 26.8 Å². The van der Waals surface area contributed by atoms with Crippen molar-refractivity contribution in [2.45, 2.75) is 44.1 Å². The Morgan fingerprint density at radius 3 is 2.37 bits per heavy atom. The normalized spacial score (nSPS) is 21.4. The van der Waals surface area contributed by atoms with E-state index in [1.165, 1.54) is 0 Å². The number of likely N-dealkylation sites (tertiary alicyclic amines) is 1. The lowest BCUT2D eigenvalue weighted by Gasteiger charge is -2.28. The van der Waals surface area contributed by atoms with Crippen LogP contribution in [0, 0.1) is 0 Å². The average Bonchev–Trinajstić information content (AvgIpc) is 3.78. The molecule has 7 rings (SSSR count). The lowest BCUT2D eigenvalue weighted by Crippen LogP contribution is -2.47. The summed E-state index contributed by atoms with van der Waals surface area (Å²) in [7, 11) is 0. The molecule has 1 spiro atoms. The third kappa shape index (κ3) is 3.98. The first kappa shape index (κ1) is 23.5. The highest BCUT2D eigenvalue weighted by molar-refractivity contribution is 6.15. The van der Waals surface area contributed by atoms with E-state index in [4.69, 9.17) is 9.41 Å². The molecule has 1 aliphatic carbocycles. The van der Waals surface area contributed by atoms with Crippen LogP contribution in [-0.2, 0) is 4.79 Å². The molecule has 3 fully saturated rings. The van der Waals surface area contributed by atoms with Crippen LogP contribution < -0.4 is 0 Å². The molecule has 2 aromatic carbocycles. The molecule has 196 valence electrons. The monoisotopic (exact) mass is 511 g/mol. The molecular formula is C30H33N5O3. The third-order valence-electron chi connectivity index (χ3n) is 8.62. The Kier molecular flexibility index (Phi) is 5.73. The molecule has 8 heteroatoms. The highest BCUT2D eigenvalue weighted by atomic mass is 16.3. The van der Waals surface area contributed by atoms with Crippen molar-refractivity contribution < 1.29 is 14.0 Å². The van der Waals surface area contributed by atoms with E-state index in [0.717, 1.165) is 91.7 Å². The first-order chi connectivity index (χ1) is 18.6. The highest BCUT2D eigenvalue weighted by Crippen LogP contribution is 2.40. The van der Waals surface area contributed by atoms with Crippen LogP contribution in [0.3, 0.4) is 0 Å². The van der Waals surface area contributed by atoms with Crippen molar-refractivity contribution >= 4 is 28.7 Å². The average molecular weight is 512 g/mol. The second-order valence-electron chi connectivity index (χ2n) is 11.1. The van der Waals surface area contributed by atoms with Gasteiger partial charge in [0.25, 0.3) is 5.91 Å². The molecule has 3 aliphatic heterocycles. The molecule has 1 saturated carbocycles. The van der Waals surface area contributed by atoms with Crippen LogP contribution >= 0.6 is 0 Å². The van der Waals surface area contributed by atoms with Crippen LogP contribution in [0.1, 0.15) is 44.1 Å². The van der Waals surface area contributed by atoms with Gasteiger partial charge in [-0.05, 0) is 55.0 Å². The Morgan fingerprint density at radius 2 is 1.58 bits per heavy atom. The number of nitrogens with zero attached hydrogens (tertiary/aromatic N) is 5. The molecule has 0 N–H and O–H groups in total. The number of amidine groups is 1. The minimum atomic E-state index is -0.620. The fourth-order valence-electron chi connectivity index (χ4n) is 6.48. The Hall–Kier alpha value is -3.65. The van der Waals surface area contributed by atoms with E-state index in [2.05, 4.69) is 41.3 Å². The van der Waals surface area contributed by atoms with E-state index in [-0.39, 0.29) is 11.9 Å². The lowest BCUT2D eigenvalue weighted by molar-refractivity contribution is -0.132. The number of benzene rings is 2. The van der Waals surface area contributed by atoms with Gasteiger partial charge in [-0.2, -0.15) is 0 Å². The van der Waals surface area contributed by atoms with Crippen molar-refractivity contribution in [2.75, 3.05) is 39.5 Å². The van der Waals surface area contributed by atoms with Crippen LogP contribution in [0.2, 0.25) is 0 Å². The number of rotatable bonds is 4. The number of carbonyl (C=O) groups excluding carboxylic acids is 2. The number of carbonyl (C=O) groups is 2. The van der Waals surface area contributed by atoms with Gasteiger partial charge in [0.05, 0.1) is 19.6 Å². The topological polar surface area (TPSA) is 72.6 Å². The zero-order valence-electron chi connectivity index (χ0n) is 21.6. The van der Waals surface area contributed by atoms with E-state index < -0.39 is 5.54 Å². The standard InChI is InChI=1S/C30H33N5O3/c36-28-30(12-1-2-13-30)31-27(35(28)21-32-16-17-34(20-32)29(37)33-14-3-4-15-33)23-7-5-22(6-8-23)24-9-10-26-25(19-24)11-18-38-26/h5-11,18-19H,1-4,12-17,20-21H2. The zero-order chi connectivity index (χ0) is 25.7.